The van der Waals surface area contributed by atoms with Crippen LogP contribution in [0.1, 0.15) is 26.7 Å². The van der Waals surface area contributed by atoms with Gasteiger partial charge in [0, 0.05) is 4.47 Å². The number of furan rings is 1. The molecular formula is C13H10BrNO4. The zero-order valence-corrected chi connectivity index (χ0v) is 11.5. The second-order valence-corrected chi connectivity index (χ2v) is 4.78. The quantitative estimate of drug-likeness (QED) is 0.908. The second-order valence-electron chi connectivity index (χ2n) is 3.86. The number of carbonyl (C=O) groups excluding carboxylic acids is 1. The minimum atomic E-state index is -1.11. The van der Waals surface area contributed by atoms with Crippen molar-refractivity contribution in [2.24, 2.45) is 0 Å². The molecule has 0 radical (unpaired) electrons. The number of carbonyl (C=O) groups is 2. The number of anilines is 1. The molecule has 98 valence electrons. The van der Waals surface area contributed by atoms with E-state index in [1.165, 1.54) is 18.2 Å². The first-order valence-corrected chi connectivity index (χ1v) is 6.17. The molecule has 1 aromatic carbocycles. The van der Waals surface area contributed by atoms with Crippen LogP contribution in [0.4, 0.5) is 5.69 Å². The van der Waals surface area contributed by atoms with E-state index in [-0.39, 0.29) is 17.0 Å². The fourth-order valence-electron chi connectivity index (χ4n) is 1.55. The van der Waals surface area contributed by atoms with Gasteiger partial charge in [0.1, 0.15) is 5.76 Å². The first kappa shape index (κ1) is 13.4. The van der Waals surface area contributed by atoms with E-state index < -0.39 is 11.9 Å². The Balaban J connectivity index is 2.30. The molecule has 19 heavy (non-hydrogen) atoms. The maximum absolute atomic E-state index is 11.9. The van der Waals surface area contributed by atoms with Gasteiger partial charge in [0.25, 0.3) is 5.91 Å². The molecule has 5 nitrogen and oxygen atoms in total. The molecule has 0 aliphatic heterocycles. The predicted molar refractivity (Wildman–Crippen MR) is 72.5 cm³/mol. The zero-order valence-electron chi connectivity index (χ0n) is 9.94. The van der Waals surface area contributed by atoms with Crippen molar-refractivity contribution in [3.05, 3.63) is 51.9 Å². The van der Waals surface area contributed by atoms with Crippen LogP contribution in [0.5, 0.6) is 0 Å². The number of benzene rings is 1. The summed E-state index contributed by atoms with van der Waals surface area (Å²) in [5.41, 5.74) is 0.223. The zero-order chi connectivity index (χ0) is 14.0. The molecule has 0 atom stereocenters. The molecule has 0 bridgehead atoms. The van der Waals surface area contributed by atoms with Crippen LogP contribution in [0.2, 0.25) is 0 Å². The SMILES string of the molecule is Cc1ccc(C(=O)Nc2cc(Br)ccc2C(=O)O)o1. The average Bonchev–Trinajstić information content (AvgIpc) is 2.75. The number of hydrogen-bond donors (Lipinski definition) is 2. The van der Waals surface area contributed by atoms with Gasteiger partial charge < -0.3 is 14.8 Å². The van der Waals surface area contributed by atoms with Crippen molar-refractivity contribution >= 4 is 33.5 Å². The number of aromatic carboxylic acids is 1. The van der Waals surface area contributed by atoms with Crippen LogP contribution in [-0.2, 0) is 0 Å². The summed E-state index contributed by atoms with van der Waals surface area (Å²) in [6.45, 7) is 1.72. The Hall–Kier alpha value is -2.08. The van der Waals surface area contributed by atoms with Crippen LogP contribution in [0.15, 0.2) is 39.2 Å². The Bertz CT molecular complexity index is 648. The van der Waals surface area contributed by atoms with Crippen molar-refractivity contribution in [3.63, 3.8) is 0 Å². The first-order chi connectivity index (χ1) is 8.97. The van der Waals surface area contributed by atoms with E-state index in [2.05, 4.69) is 21.2 Å². The Labute approximate surface area is 117 Å². The lowest BCUT2D eigenvalue weighted by Gasteiger charge is -2.07. The van der Waals surface area contributed by atoms with Gasteiger partial charge in [0.2, 0.25) is 0 Å². The van der Waals surface area contributed by atoms with E-state index in [4.69, 9.17) is 9.52 Å². The molecule has 2 rings (SSSR count). The second kappa shape index (κ2) is 5.27. The van der Waals surface area contributed by atoms with Crippen LogP contribution < -0.4 is 5.32 Å². The van der Waals surface area contributed by atoms with E-state index in [1.807, 2.05) is 0 Å². The molecule has 0 fully saturated rings. The summed E-state index contributed by atoms with van der Waals surface area (Å²) in [6.07, 6.45) is 0. The average molecular weight is 324 g/mol. The third kappa shape index (κ3) is 3.03. The number of aryl methyl sites for hydroxylation is 1. The number of carboxylic acid groups (broad SMARTS) is 1. The van der Waals surface area contributed by atoms with Gasteiger partial charge in [-0.2, -0.15) is 0 Å². The van der Waals surface area contributed by atoms with E-state index in [9.17, 15) is 9.59 Å². The molecule has 0 aliphatic carbocycles. The Kier molecular flexibility index (Phi) is 3.71. The molecule has 2 N–H and O–H groups in total. The summed E-state index contributed by atoms with van der Waals surface area (Å²) in [7, 11) is 0. The molecular weight excluding hydrogens is 314 g/mol. The highest BCUT2D eigenvalue weighted by Crippen LogP contribution is 2.22. The maximum Gasteiger partial charge on any atom is 0.337 e. The summed E-state index contributed by atoms with van der Waals surface area (Å²) in [6, 6.07) is 7.72. The first-order valence-electron chi connectivity index (χ1n) is 5.38. The summed E-state index contributed by atoms with van der Waals surface area (Å²) < 4.78 is 5.85. The number of hydrogen-bond acceptors (Lipinski definition) is 3. The van der Waals surface area contributed by atoms with Crippen molar-refractivity contribution in [2.75, 3.05) is 5.32 Å². The molecule has 2 aromatic rings. The standard InChI is InChI=1S/C13H10BrNO4/c1-7-2-5-11(19-7)12(16)15-10-6-8(14)3-4-9(10)13(17)18/h2-6H,1H3,(H,15,16)(H,17,18). The van der Waals surface area contributed by atoms with Gasteiger partial charge in [0.15, 0.2) is 5.76 Å². The minimum Gasteiger partial charge on any atom is -0.478 e. The van der Waals surface area contributed by atoms with Gasteiger partial charge in [0.05, 0.1) is 11.3 Å². The smallest absolute Gasteiger partial charge is 0.337 e. The summed E-state index contributed by atoms with van der Waals surface area (Å²) in [5, 5.41) is 11.6. The monoisotopic (exact) mass is 323 g/mol. The fraction of sp³-hybridized carbons (Fsp3) is 0.0769. The number of amides is 1. The number of carboxylic acids is 1. The molecule has 0 aliphatic rings. The molecule has 1 aromatic heterocycles. The Morgan fingerprint density at radius 2 is 2.00 bits per heavy atom. The normalized spacial score (nSPS) is 10.2. The topological polar surface area (TPSA) is 79.5 Å². The van der Waals surface area contributed by atoms with Gasteiger partial charge >= 0.3 is 5.97 Å². The molecule has 0 unspecified atom stereocenters. The number of halogens is 1. The van der Waals surface area contributed by atoms with Gasteiger partial charge in [-0.25, -0.2) is 4.79 Å². The summed E-state index contributed by atoms with van der Waals surface area (Å²) in [5.74, 6) is -0.862. The van der Waals surface area contributed by atoms with E-state index in [1.54, 1.807) is 19.1 Å². The van der Waals surface area contributed by atoms with Crippen LogP contribution in [0, 0.1) is 6.92 Å². The Morgan fingerprint density at radius 1 is 1.26 bits per heavy atom. The fourth-order valence-corrected chi connectivity index (χ4v) is 1.91. The molecule has 0 saturated carbocycles. The van der Waals surface area contributed by atoms with Crippen molar-refractivity contribution < 1.29 is 19.1 Å². The van der Waals surface area contributed by atoms with Gasteiger partial charge in [-0.05, 0) is 37.3 Å². The summed E-state index contributed by atoms with van der Waals surface area (Å²) in [4.78, 5) is 23.0. The van der Waals surface area contributed by atoms with Gasteiger partial charge in [-0.15, -0.1) is 0 Å². The third-order valence-electron chi connectivity index (χ3n) is 2.42. The predicted octanol–water partition coefficient (Wildman–Crippen LogP) is 3.30. The van der Waals surface area contributed by atoms with Gasteiger partial charge in [-0.1, -0.05) is 15.9 Å². The van der Waals surface area contributed by atoms with Crippen LogP contribution >= 0.6 is 15.9 Å². The molecule has 6 heteroatoms. The third-order valence-corrected chi connectivity index (χ3v) is 2.92. The van der Waals surface area contributed by atoms with Gasteiger partial charge in [-0.3, -0.25) is 4.79 Å². The van der Waals surface area contributed by atoms with Crippen molar-refractivity contribution in [2.45, 2.75) is 6.92 Å². The largest absolute Gasteiger partial charge is 0.478 e. The van der Waals surface area contributed by atoms with Crippen LogP contribution in [0.25, 0.3) is 0 Å². The van der Waals surface area contributed by atoms with E-state index in [0.717, 1.165) is 0 Å². The highest BCUT2D eigenvalue weighted by molar-refractivity contribution is 9.10. The van der Waals surface area contributed by atoms with E-state index in [0.29, 0.717) is 10.2 Å². The van der Waals surface area contributed by atoms with Crippen molar-refractivity contribution in [3.8, 4) is 0 Å². The number of nitrogens with one attached hydrogen (secondary N) is 1. The highest BCUT2D eigenvalue weighted by Gasteiger charge is 2.15. The van der Waals surface area contributed by atoms with E-state index >= 15 is 0 Å². The lowest BCUT2D eigenvalue weighted by Crippen LogP contribution is -2.14. The molecule has 1 amide bonds. The maximum atomic E-state index is 11.9. The van der Waals surface area contributed by atoms with Crippen LogP contribution in [0.3, 0.4) is 0 Å². The van der Waals surface area contributed by atoms with Crippen LogP contribution in [-0.4, -0.2) is 17.0 Å². The minimum absolute atomic E-state index is 0.0137. The molecule has 0 spiro atoms. The Morgan fingerprint density at radius 3 is 2.58 bits per heavy atom. The summed E-state index contributed by atoms with van der Waals surface area (Å²) >= 11 is 3.23. The molecule has 0 saturated heterocycles. The number of rotatable bonds is 3. The molecule has 1 heterocycles. The van der Waals surface area contributed by atoms with Crippen molar-refractivity contribution in [1.82, 2.24) is 0 Å². The van der Waals surface area contributed by atoms with Crippen molar-refractivity contribution in [1.29, 1.82) is 0 Å². The lowest BCUT2D eigenvalue weighted by atomic mass is 10.2. The lowest BCUT2D eigenvalue weighted by molar-refractivity contribution is 0.0698. The highest BCUT2D eigenvalue weighted by atomic mass is 79.9.